The van der Waals surface area contributed by atoms with Crippen LogP contribution in [0.5, 0.6) is 5.75 Å². The number of ether oxygens (including phenoxy) is 2. The number of nitrogens with zero attached hydrogens (tertiary/aromatic N) is 2. The van der Waals surface area contributed by atoms with Gasteiger partial charge >= 0.3 is 0 Å². The first-order chi connectivity index (χ1) is 13.8. The van der Waals surface area contributed by atoms with E-state index in [1.807, 2.05) is 6.21 Å². The average molecular weight is 395 g/mol. The Morgan fingerprint density at radius 3 is 2.34 bits per heavy atom. The number of benzene rings is 2. The third-order valence-electron chi connectivity index (χ3n) is 5.91. The molecule has 4 nitrogen and oxygen atoms in total. The van der Waals surface area contributed by atoms with Crippen LogP contribution in [-0.4, -0.2) is 46.2 Å². The van der Waals surface area contributed by atoms with Gasteiger partial charge in [-0.2, -0.15) is 0 Å². The van der Waals surface area contributed by atoms with E-state index >= 15 is 0 Å². The van der Waals surface area contributed by atoms with Gasteiger partial charge in [-0.15, -0.1) is 0 Å². The van der Waals surface area contributed by atoms with Gasteiger partial charge in [0, 0.05) is 44.6 Å². The van der Waals surface area contributed by atoms with Crippen LogP contribution in [0, 0.1) is 0 Å². The van der Waals surface area contributed by atoms with E-state index in [0.717, 1.165) is 43.7 Å². The second-order valence-electron chi connectivity index (χ2n) is 8.82. The van der Waals surface area contributed by atoms with Crippen LogP contribution in [-0.2, 0) is 10.2 Å². The van der Waals surface area contributed by atoms with Crippen molar-refractivity contribution < 1.29 is 9.47 Å². The quantitative estimate of drug-likeness (QED) is 0.613. The first-order valence-electron chi connectivity index (χ1n) is 10.4. The van der Waals surface area contributed by atoms with Gasteiger partial charge in [0.05, 0.1) is 12.7 Å². The monoisotopic (exact) mass is 394 g/mol. The molecule has 1 saturated heterocycles. The normalized spacial score (nSPS) is 21.3. The Morgan fingerprint density at radius 1 is 1.07 bits per heavy atom. The van der Waals surface area contributed by atoms with Crippen molar-refractivity contribution in [1.82, 2.24) is 0 Å². The van der Waals surface area contributed by atoms with Gasteiger partial charge in [0.1, 0.15) is 5.75 Å². The van der Waals surface area contributed by atoms with Crippen LogP contribution in [0.1, 0.15) is 44.2 Å². The van der Waals surface area contributed by atoms with Crippen LogP contribution in [0.25, 0.3) is 0 Å². The molecule has 0 amide bonds. The third-order valence-corrected chi connectivity index (χ3v) is 5.91. The van der Waals surface area contributed by atoms with Gasteiger partial charge in [-0.25, -0.2) is 0 Å². The highest BCUT2D eigenvalue weighted by molar-refractivity contribution is 5.80. The molecule has 0 bridgehead atoms. The fourth-order valence-corrected chi connectivity index (χ4v) is 4.33. The molecule has 0 radical (unpaired) electrons. The van der Waals surface area contributed by atoms with E-state index in [0.29, 0.717) is 0 Å². The molecule has 0 unspecified atom stereocenters. The van der Waals surface area contributed by atoms with Crippen molar-refractivity contribution in [3.8, 4) is 5.75 Å². The number of aliphatic imine (C=N–C) groups is 1. The SMILES string of the molecule is COc1ccc([C@]2(CCN=Cc3ccc(N(C)C)cc3)CCOC(C)(C)C2)cc1. The summed E-state index contributed by atoms with van der Waals surface area (Å²) in [5.74, 6) is 0.898. The summed E-state index contributed by atoms with van der Waals surface area (Å²) in [6, 6.07) is 17.0. The molecule has 29 heavy (non-hydrogen) atoms. The minimum atomic E-state index is -0.121. The van der Waals surface area contributed by atoms with Crippen molar-refractivity contribution in [2.45, 2.75) is 44.1 Å². The van der Waals surface area contributed by atoms with Gasteiger partial charge < -0.3 is 14.4 Å². The lowest BCUT2D eigenvalue weighted by Crippen LogP contribution is -2.44. The molecule has 1 aliphatic heterocycles. The highest BCUT2D eigenvalue weighted by Gasteiger charge is 2.41. The first-order valence-corrected chi connectivity index (χ1v) is 10.4. The largest absolute Gasteiger partial charge is 0.497 e. The Labute approximate surface area is 175 Å². The molecule has 1 aliphatic rings. The van der Waals surface area contributed by atoms with Crippen LogP contribution >= 0.6 is 0 Å². The predicted molar refractivity (Wildman–Crippen MR) is 122 cm³/mol. The summed E-state index contributed by atoms with van der Waals surface area (Å²) in [6.45, 7) is 5.98. The molecule has 0 N–H and O–H groups in total. The summed E-state index contributed by atoms with van der Waals surface area (Å²) >= 11 is 0. The van der Waals surface area contributed by atoms with Crippen LogP contribution in [0.4, 0.5) is 5.69 Å². The molecule has 2 aromatic carbocycles. The molecule has 0 spiro atoms. The summed E-state index contributed by atoms with van der Waals surface area (Å²) in [5, 5.41) is 0. The highest BCUT2D eigenvalue weighted by Crippen LogP contribution is 2.44. The zero-order chi connectivity index (χ0) is 20.9. The van der Waals surface area contributed by atoms with Crippen LogP contribution in [0.2, 0.25) is 0 Å². The lowest BCUT2D eigenvalue weighted by molar-refractivity contribution is -0.0836. The third kappa shape index (κ3) is 5.39. The van der Waals surface area contributed by atoms with Gasteiger partial charge in [0.15, 0.2) is 0 Å². The summed E-state index contributed by atoms with van der Waals surface area (Å²) in [5.41, 5.74) is 3.66. The van der Waals surface area contributed by atoms with Gasteiger partial charge in [-0.05, 0) is 68.5 Å². The van der Waals surface area contributed by atoms with E-state index in [4.69, 9.17) is 14.5 Å². The molecule has 0 aliphatic carbocycles. The number of hydrogen-bond donors (Lipinski definition) is 0. The molecule has 0 saturated carbocycles. The van der Waals surface area contributed by atoms with Crippen molar-refractivity contribution in [2.75, 3.05) is 39.3 Å². The molecule has 1 fully saturated rings. The number of hydrogen-bond acceptors (Lipinski definition) is 4. The summed E-state index contributed by atoms with van der Waals surface area (Å²) in [7, 11) is 5.82. The van der Waals surface area contributed by atoms with E-state index in [2.05, 4.69) is 81.4 Å². The Bertz CT molecular complexity index is 810. The standard InChI is InChI=1S/C25H34N2O2/c1-24(2)19-25(15-17-29-24,21-8-12-23(28-5)13-9-21)14-16-26-18-20-6-10-22(11-7-20)27(3)4/h6-13,18H,14-17,19H2,1-5H3/t25-/m1/s1. The lowest BCUT2D eigenvalue weighted by atomic mass is 9.67. The van der Waals surface area contributed by atoms with Gasteiger partial charge in [-0.1, -0.05) is 24.3 Å². The van der Waals surface area contributed by atoms with Crippen LogP contribution in [0.15, 0.2) is 53.5 Å². The molecule has 3 rings (SSSR count). The maximum Gasteiger partial charge on any atom is 0.118 e. The molecular formula is C25H34N2O2. The zero-order valence-corrected chi connectivity index (χ0v) is 18.4. The number of methoxy groups -OCH3 is 1. The smallest absolute Gasteiger partial charge is 0.118 e. The van der Waals surface area contributed by atoms with Crippen LogP contribution < -0.4 is 9.64 Å². The van der Waals surface area contributed by atoms with Crippen molar-refractivity contribution in [3.05, 3.63) is 59.7 Å². The maximum absolute atomic E-state index is 6.03. The van der Waals surface area contributed by atoms with E-state index < -0.39 is 0 Å². The fraction of sp³-hybridized carbons (Fsp3) is 0.480. The zero-order valence-electron chi connectivity index (χ0n) is 18.4. The molecule has 2 aromatic rings. The topological polar surface area (TPSA) is 34.1 Å². The summed E-state index contributed by atoms with van der Waals surface area (Å²) < 4.78 is 11.4. The predicted octanol–water partition coefficient (Wildman–Crippen LogP) is 5.10. The molecule has 0 aromatic heterocycles. The van der Waals surface area contributed by atoms with Gasteiger partial charge in [0.25, 0.3) is 0 Å². The Hall–Kier alpha value is -2.33. The van der Waals surface area contributed by atoms with Crippen molar-refractivity contribution >= 4 is 11.9 Å². The van der Waals surface area contributed by atoms with Crippen LogP contribution in [0.3, 0.4) is 0 Å². The molecule has 1 heterocycles. The Morgan fingerprint density at radius 2 is 1.76 bits per heavy atom. The van der Waals surface area contributed by atoms with E-state index in [1.54, 1.807) is 7.11 Å². The van der Waals surface area contributed by atoms with Gasteiger partial charge in [0.2, 0.25) is 0 Å². The average Bonchev–Trinajstić information content (AvgIpc) is 2.71. The second kappa shape index (κ2) is 9.00. The van der Waals surface area contributed by atoms with E-state index in [1.165, 1.54) is 11.3 Å². The van der Waals surface area contributed by atoms with E-state index in [-0.39, 0.29) is 11.0 Å². The summed E-state index contributed by atoms with van der Waals surface area (Å²) in [6.07, 6.45) is 5.03. The minimum absolute atomic E-state index is 0.0835. The molecule has 4 heteroatoms. The molecular weight excluding hydrogens is 360 g/mol. The first kappa shape index (κ1) is 21.4. The number of rotatable bonds is 7. The maximum atomic E-state index is 6.03. The molecule has 156 valence electrons. The van der Waals surface area contributed by atoms with Crippen molar-refractivity contribution in [3.63, 3.8) is 0 Å². The lowest BCUT2D eigenvalue weighted by Gasteiger charge is -2.45. The Kier molecular flexibility index (Phi) is 6.63. The fourth-order valence-electron chi connectivity index (χ4n) is 4.33. The van der Waals surface area contributed by atoms with E-state index in [9.17, 15) is 0 Å². The summed E-state index contributed by atoms with van der Waals surface area (Å²) in [4.78, 5) is 6.86. The molecule has 1 atom stereocenters. The second-order valence-corrected chi connectivity index (χ2v) is 8.82. The minimum Gasteiger partial charge on any atom is -0.497 e. The number of anilines is 1. The van der Waals surface area contributed by atoms with Crippen molar-refractivity contribution in [1.29, 1.82) is 0 Å². The highest BCUT2D eigenvalue weighted by atomic mass is 16.5. The Balaban J connectivity index is 1.73. The van der Waals surface area contributed by atoms with Crippen molar-refractivity contribution in [2.24, 2.45) is 4.99 Å². The van der Waals surface area contributed by atoms with Gasteiger partial charge in [-0.3, -0.25) is 4.99 Å².